The first-order valence-corrected chi connectivity index (χ1v) is 6.43. The van der Waals surface area contributed by atoms with Gasteiger partial charge in [-0.15, -0.1) is 0 Å². The molecule has 0 saturated heterocycles. The smallest absolute Gasteiger partial charge is 0.243 e. The molecule has 0 aromatic heterocycles. The average Bonchev–Trinajstić information content (AvgIpc) is 2.33. The van der Waals surface area contributed by atoms with E-state index in [9.17, 15) is 9.59 Å². The highest BCUT2D eigenvalue weighted by Crippen LogP contribution is 2.13. The summed E-state index contributed by atoms with van der Waals surface area (Å²) < 4.78 is 4.93. The van der Waals surface area contributed by atoms with E-state index in [1.165, 1.54) is 0 Å². The summed E-state index contributed by atoms with van der Waals surface area (Å²) in [5.41, 5.74) is 10.4. The molecule has 0 heterocycles. The molecule has 106 valence electrons. The number of carbonyl (C=O) groups is 2. The molecule has 1 atom stereocenters. The van der Waals surface area contributed by atoms with E-state index >= 15 is 0 Å². The van der Waals surface area contributed by atoms with Crippen LogP contribution in [-0.4, -0.2) is 38.1 Å². The Morgan fingerprint density at radius 3 is 2.61 bits per heavy atom. The van der Waals surface area contributed by atoms with Crippen molar-refractivity contribution >= 4 is 11.8 Å². The van der Waals surface area contributed by atoms with Gasteiger partial charge in [-0.1, -0.05) is 13.3 Å². The van der Waals surface area contributed by atoms with Gasteiger partial charge in [0.2, 0.25) is 11.8 Å². The van der Waals surface area contributed by atoms with Gasteiger partial charge < -0.3 is 21.5 Å². The highest BCUT2D eigenvalue weighted by molar-refractivity contribution is 5.76. The Morgan fingerprint density at radius 2 is 2.06 bits per heavy atom. The molecule has 1 unspecified atom stereocenters. The Kier molecular flexibility index (Phi) is 10.3. The molecule has 0 aromatic carbocycles. The van der Waals surface area contributed by atoms with Crippen LogP contribution in [0.5, 0.6) is 0 Å². The van der Waals surface area contributed by atoms with Gasteiger partial charge in [-0.05, 0) is 25.3 Å². The molecule has 0 spiro atoms. The minimum absolute atomic E-state index is 0.00754. The number of primary amides is 1. The molecule has 2 amide bonds. The van der Waals surface area contributed by atoms with E-state index in [1.807, 2.05) is 0 Å². The molecule has 0 aromatic rings. The molecule has 0 saturated carbocycles. The molecule has 0 fully saturated rings. The predicted octanol–water partition coefficient (Wildman–Crippen LogP) is -0.240. The number of ether oxygens (including phenoxy) is 1. The van der Waals surface area contributed by atoms with Crippen LogP contribution in [0.4, 0.5) is 0 Å². The molecule has 0 aliphatic carbocycles. The summed E-state index contributed by atoms with van der Waals surface area (Å²) in [6, 6.07) is 0. The number of hydrogen-bond donors (Lipinski definition) is 3. The van der Waals surface area contributed by atoms with Gasteiger partial charge in [0.15, 0.2) is 0 Å². The van der Waals surface area contributed by atoms with Crippen molar-refractivity contribution in [1.29, 1.82) is 0 Å². The fourth-order valence-electron chi connectivity index (χ4n) is 1.65. The standard InChI is InChI=1S/C12H25N3O3/c1-2-10(5-6-13)3-4-12(17)15-7-8-18-9-11(14)16/h10H,2-9,13H2,1H3,(H2,14,16)(H,15,17). The maximum absolute atomic E-state index is 11.5. The van der Waals surface area contributed by atoms with Crippen LogP contribution in [0, 0.1) is 5.92 Å². The Bertz CT molecular complexity index is 247. The van der Waals surface area contributed by atoms with Crippen LogP contribution in [0.3, 0.4) is 0 Å². The van der Waals surface area contributed by atoms with Crippen LogP contribution in [-0.2, 0) is 14.3 Å². The number of amides is 2. The normalized spacial score (nSPS) is 12.1. The molecule has 0 aliphatic heterocycles. The molecule has 0 bridgehead atoms. The van der Waals surface area contributed by atoms with Crippen LogP contribution in [0.1, 0.15) is 32.6 Å². The first-order valence-electron chi connectivity index (χ1n) is 6.43. The molecule has 0 rings (SSSR count). The van der Waals surface area contributed by atoms with E-state index in [4.69, 9.17) is 16.2 Å². The second kappa shape index (κ2) is 11.0. The SMILES string of the molecule is CCC(CCN)CCC(=O)NCCOCC(N)=O. The van der Waals surface area contributed by atoms with Crippen molar-refractivity contribution in [2.24, 2.45) is 17.4 Å². The third-order valence-corrected chi connectivity index (χ3v) is 2.74. The number of nitrogens with two attached hydrogens (primary N) is 2. The molecule has 18 heavy (non-hydrogen) atoms. The summed E-state index contributed by atoms with van der Waals surface area (Å²) in [6.45, 7) is 3.37. The first-order chi connectivity index (χ1) is 8.60. The minimum atomic E-state index is -0.506. The van der Waals surface area contributed by atoms with Crippen molar-refractivity contribution in [2.75, 3.05) is 26.3 Å². The summed E-state index contributed by atoms with van der Waals surface area (Å²) in [5, 5.41) is 2.73. The number of nitrogens with one attached hydrogen (secondary N) is 1. The zero-order chi connectivity index (χ0) is 13.8. The first kappa shape index (κ1) is 16.9. The lowest BCUT2D eigenvalue weighted by molar-refractivity contribution is -0.122. The summed E-state index contributed by atoms with van der Waals surface area (Å²) in [5.74, 6) is 0.0221. The second-order valence-corrected chi connectivity index (χ2v) is 4.26. The third-order valence-electron chi connectivity index (χ3n) is 2.74. The fraction of sp³-hybridized carbons (Fsp3) is 0.833. The van der Waals surface area contributed by atoms with Gasteiger partial charge in [-0.2, -0.15) is 0 Å². The van der Waals surface area contributed by atoms with Gasteiger partial charge in [0, 0.05) is 13.0 Å². The van der Waals surface area contributed by atoms with Gasteiger partial charge in [0.25, 0.3) is 0 Å². The molecule has 6 heteroatoms. The molecule has 6 nitrogen and oxygen atoms in total. The largest absolute Gasteiger partial charge is 0.370 e. The van der Waals surface area contributed by atoms with E-state index in [2.05, 4.69) is 12.2 Å². The van der Waals surface area contributed by atoms with E-state index < -0.39 is 5.91 Å². The number of carbonyl (C=O) groups excluding carboxylic acids is 2. The maximum Gasteiger partial charge on any atom is 0.243 e. The van der Waals surface area contributed by atoms with E-state index in [1.54, 1.807) is 0 Å². The van der Waals surface area contributed by atoms with Crippen molar-refractivity contribution in [2.45, 2.75) is 32.6 Å². The Morgan fingerprint density at radius 1 is 1.33 bits per heavy atom. The lowest BCUT2D eigenvalue weighted by atomic mass is 9.96. The van der Waals surface area contributed by atoms with Crippen LogP contribution in [0.15, 0.2) is 0 Å². The molecule has 0 aliphatic rings. The Hall–Kier alpha value is -1.14. The number of hydrogen-bond acceptors (Lipinski definition) is 4. The van der Waals surface area contributed by atoms with E-state index in [0.29, 0.717) is 32.0 Å². The van der Waals surface area contributed by atoms with Crippen LogP contribution in [0.25, 0.3) is 0 Å². The summed E-state index contributed by atoms with van der Waals surface area (Å²) >= 11 is 0. The van der Waals surface area contributed by atoms with E-state index in [0.717, 1.165) is 19.3 Å². The predicted molar refractivity (Wildman–Crippen MR) is 69.7 cm³/mol. The van der Waals surface area contributed by atoms with Crippen molar-refractivity contribution in [3.63, 3.8) is 0 Å². The lowest BCUT2D eigenvalue weighted by Gasteiger charge is -2.13. The monoisotopic (exact) mass is 259 g/mol. The molecular formula is C12H25N3O3. The fourth-order valence-corrected chi connectivity index (χ4v) is 1.65. The highest BCUT2D eigenvalue weighted by Gasteiger charge is 2.08. The van der Waals surface area contributed by atoms with Gasteiger partial charge in [0.1, 0.15) is 6.61 Å². The van der Waals surface area contributed by atoms with Crippen molar-refractivity contribution in [3.8, 4) is 0 Å². The summed E-state index contributed by atoms with van der Waals surface area (Å²) in [7, 11) is 0. The topological polar surface area (TPSA) is 107 Å². The number of rotatable bonds is 11. The zero-order valence-electron chi connectivity index (χ0n) is 11.1. The van der Waals surface area contributed by atoms with E-state index in [-0.39, 0.29) is 12.5 Å². The van der Waals surface area contributed by atoms with Crippen LogP contribution >= 0.6 is 0 Å². The molecule has 5 N–H and O–H groups in total. The van der Waals surface area contributed by atoms with Crippen LogP contribution < -0.4 is 16.8 Å². The van der Waals surface area contributed by atoms with Crippen molar-refractivity contribution < 1.29 is 14.3 Å². The zero-order valence-corrected chi connectivity index (χ0v) is 11.1. The highest BCUT2D eigenvalue weighted by atomic mass is 16.5. The van der Waals surface area contributed by atoms with Gasteiger partial charge >= 0.3 is 0 Å². The minimum Gasteiger partial charge on any atom is -0.370 e. The maximum atomic E-state index is 11.5. The van der Waals surface area contributed by atoms with Crippen molar-refractivity contribution in [3.05, 3.63) is 0 Å². The Balaban J connectivity index is 3.50. The van der Waals surface area contributed by atoms with Crippen LogP contribution in [0.2, 0.25) is 0 Å². The summed E-state index contributed by atoms with van der Waals surface area (Å²) in [4.78, 5) is 21.8. The molecular weight excluding hydrogens is 234 g/mol. The third kappa shape index (κ3) is 10.0. The average molecular weight is 259 g/mol. The van der Waals surface area contributed by atoms with Gasteiger partial charge in [-0.3, -0.25) is 9.59 Å². The lowest BCUT2D eigenvalue weighted by Crippen LogP contribution is -2.29. The molecule has 0 radical (unpaired) electrons. The van der Waals surface area contributed by atoms with Gasteiger partial charge in [0.05, 0.1) is 6.61 Å². The quantitative estimate of drug-likeness (QED) is 0.445. The summed E-state index contributed by atoms with van der Waals surface area (Å²) in [6.07, 6.45) is 3.38. The Labute approximate surface area is 108 Å². The van der Waals surface area contributed by atoms with Gasteiger partial charge in [-0.25, -0.2) is 0 Å². The second-order valence-electron chi connectivity index (χ2n) is 4.26. The van der Waals surface area contributed by atoms with Crippen molar-refractivity contribution in [1.82, 2.24) is 5.32 Å².